The van der Waals surface area contributed by atoms with Crippen LogP contribution in [0, 0.1) is 0 Å². The van der Waals surface area contributed by atoms with Gasteiger partial charge in [0.05, 0.1) is 17.1 Å². The average molecular weight is 1230 g/mol. The predicted molar refractivity (Wildman–Crippen MR) is 406 cm³/mol. The summed E-state index contributed by atoms with van der Waals surface area (Å²) in [4.78, 5) is 7.95. The van der Waals surface area contributed by atoms with Crippen molar-refractivity contribution in [2.75, 3.05) is 14.7 Å². The van der Waals surface area contributed by atoms with Gasteiger partial charge in [-0.15, -0.1) is 11.3 Å². The molecule has 12 aromatic rings. The first-order chi connectivity index (χ1) is 44.3. The quantitative estimate of drug-likeness (QED) is 0.133. The van der Waals surface area contributed by atoms with Crippen molar-refractivity contribution in [3.05, 3.63) is 277 Å². The van der Waals surface area contributed by atoms with Crippen molar-refractivity contribution in [3.8, 4) is 44.5 Å². The van der Waals surface area contributed by atoms with Crippen molar-refractivity contribution in [2.24, 2.45) is 0 Å². The fourth-order valence-electron chi connectivity index (χ4n) is 14.2. The maximum atomic E-state index is 2.70. The Morgan fingerprint density at radius 2 is 0.849 bits per heavy atom. The summed E-state index contributed by atoms with van der Waals surface area (Å²) in [5, 5.41) is 1.26. The fraction of sp³-hybridized carbons (Fsp3) is 0.227. The topological polar surface area (TPSA) is 9.72 Å². The summed E-state index contributed by atoms with van der Waals surface area (Å²) in [5.41, 5.74) is 28.4. The Bertz CT molecular complexity index is 4790. The zero-order chi connectivity index (χ0) is 65.1. The molecule has 0 amide bonds. The third-order valence-corrected chi connectivity index (χ3v) is 20.6. The summed E-state index contributed by atoms with van der Waals surface area (Å²) < 4.78 is 2.62. The molecule has 1 aromatic heterocycles. The van der Waals surface area contributed by atoms with E-state index in [2.05, 4.69) is 367 Å². The van der Waals surface area contributed by atoms with Gasteiger partial charge in [0.1, 0.15) is 0 Å². The minimum Gasteiger partial charge on any atom is -0.311 e. The van der Waals surface area contributed by atoms with Crippen LogP contribution in [0.25, 0.3) is 54.6 Å². The molecule has 0 unspecified atom stereocenters. The van der Waals surface area contributed by atoms with Crippen molar-refractivity contribution in [3.63, 3.8) is 0 Å². The third-order valence-electron chi connectivity index (χ3n) is 19.4. The Balaban J connectivity index is 1.14. The highest BCUT2D eigenvalue weighted by Crippen LogP contribution is 2.54. The summed E-state index contributed by atoms with van der Waals surface area (Å²) in [6.45, 7) is 35.1. The van der Waals surface area contributed by atoms with E-state index in [9.17, 15) is 0 Å². The molecule has 0 aliphatic carbocycles. The lowest BCUT2D eigenvalue weighted by Gasteiger charge is -2.45. The molecule has 0 N–H and O–H groups in total. The molecule has 0 saturated carbocycles. The van der Waals surface area contributed by atoms with E-state index in [0.717, 1.165) is 28.4 Å². The van der Waals surface area contributed by atoms with Gasteiger partial charge in [-0.3, -0.25) is 0 Å². The molecule has 11 aromatic carbocycles. The van der Waals surface area contributed by atoms with Gasteiger partial charge < -0.3 is 14.7 Å². The van der Waals surface area contributed by atoms with Gasteiger partial charge in [0, 0.05) is 60.1 Å². The summed E-state index contributed by atoms with van der Waals surface area (Å²) in [5.74, 6) is 0. The molecule has 2 aliphatic rings. The molecule has 0 saturated heterocycles. The van der Waals surface area contributed by atoms with E-state index < -0.39 is 0 Å². The second-order valence-corrected chi connectivity index (χ2v) is 32.1. The van der Waals surface area contributed by atoms with E-state index in [0.29, 0.717) is 0 Å². The second-order valence-electron chi connectivity index (χ2n) is 31.1. The molecular weight excluding hydrogens is 1140 g/mol. The maximum Gasteiger partial charge on any atom is 0.264 e. The molecule has 0 spiro atoms. The molecule has 0 radical (unpaired) electrons. The van der Waals surface area contributed by atoms with Crippen LogP contribution in [-0.2, 0) is 27.1 Å². The van der Waals surface area contributed by atoms with E-state index in [1.807, 2.05) is 11.3 Å². The molecule has 14 rings (SSSR count). The van der Waals surface area contributed by atoms with Crippen molar-refractivity contribution >= 4 is 95.0 Å². The Morgan fingerprint density at radius 3 is 1.44 bits per heavy atom. The van der Waals surface area contributed by atoms with Crippen molar-refractivity contribution in [1.82, 2.24) is 0 Å². The second kappa shape index (κ2) is 22.8. The minimum absolute atomic E-state index is 0.0203. The van der Waals surface area contributed by atoms with Gasteiger partial charge in [-0.2, -0.15) is 0 Å². The van der Waals surface area contributed by atoms with Gasteiger partial charge in [-0.05, 0) is 172 Å². The number of para-hydroxylation sites is 1. The smallest absolute Gasteiger partial charge is 0.264 e. The minimum atomic E-state index is -0.243. The lowest BCUT2D eigenvalue weighted by atomic mass is 9.36. The van der Waals surface area contributed by atoms with E-state index in [-0.39, 0.29) is 33.8 Å². The number of hydrogen-bond acceptors (Lipinski definition) is 4. The zero-order valence-corrected chi connectivity index (χ0v) is 57.8. The van der Waals surface area contributed by atoms with Crippen LogP contribution in [0.1, 0.15) is 132 Å². The Kier molecular flexibility index (Phi) is 15.1. The number of anilines is 9. The molecule has 3 heterocycles. The Hall–Kier alpha value is -9.16. The largest absolute Gasteiger partial charge is 0.311 e. The Morgan fingerprint density at radius 1 is 0.333 bits per heavy atom. The highest BCUT2D eigenvalue weighted by Gasteiger charge is 2.47. The van der Waals surface area contributed by atoms with Crippen LogP contribution in [0.2, 0.25) is 0 Å². The lowest BCUT2D eigenvalue weighted by Crippen LogP contribution is -2.60. The molecule has 2 aliphatic heterocycles. The molecule has 0 atom stereocenters. The van der Waals surface area contributed by atoms with Crippen molar-refractivity contribution < 1.29 is 0 Å². The van der Waals surface area contributed by atoms with Gasteiger partial charge in [-0.1, -0.05) is 280 Å². The molecule has 93 heavy (non-hydrogen) atoms. The molecule has 0 fully saturated rings. The first kappa shape index (κ1) is 61.4. The van der Waals surface area contributed by atoms with Gasteiger partial charge >= 0.3 is 0 Å². The van der Waals surface area contributed by atoms with E-state index in [1.165, 1.54) is 121 Å². The molecule has 462 valence electrons. The SMILES string of the molecule is CC(C)(C)c1ccc(N(c2ccc3c(c2)N(c2ccc(C(C)(C)C)cc2-c2ccccc2-c2ccccc2)c2cc(C(C)(C)C)cc4c2B3c2sc3ccc(-c5ccccc5)cc3c2N4c2ccc(C(C)(C)C)cc2)c2c(-c3ccccc3)cccc2C(C)(C)C)cc1. The summed E-state index contributed by atoms with van der Waals surface area (Å²) in [6.07, 6.45) is 0. The van der Waals surface area contributed by atoms with Gasteiger partial charge in [-0.25, -0.2) is 0 Å². The van der Waals surface area contributed by atoms with Gasteiger partial charge in [0.15, 0.2) is 0 Å². The summed E-state index contributed by atoms with van der Waals surface area (Å²) in [6, 6.07) is 95.1. The van der Waals surface area contributed by atoms with Crippen LogP contribution in [-0.4, -0.2) is 6.71 Å². The first-order valence-electron chi connectivity index (χ1n) is 33.4. The van der Waals surface area contributed by atoms with Crippen LogP contribution in [0.15, 0.2) is 249 Å². The number of rotatable bonds is 9. The maximum absolute atomic E-state index is 2.70. The molecule has 5 heteroatoms. The number of thiophene rings is 1. The van der Waals surface area contributed by atoms with Crippen LogP contribution >= 0.6 is 11.3 Å². The molecule has 0 bridgehead atoms. The number of hydrogen-bond donors (Lipinski definition) is 0. The molecule has 3 nitrogen and oxygen atoms in total. The summed E-state index contributed by atoms with van der Waals surface area (Å²) >= 11 is 1.96. The highest BCUT2D eigenvalue weighted by atomic mass is 32.1. The van der Waals surface area contributed by atoms with Crippen LogP contribution < -0.4 is 30.4 Å². The lowest BCUT2D eigenvalue weighted by molar-refractivity contribution is 0.589. The van der Waals surface area contributed by atoms with Crippen LogP contribution in [0.5, 0.6) is 0 Å². The Labute approximate surface area is 558 Å². The highest BCUT2D eigenvalue weighted by molar-refractivity contribution is 7.33. The predicted octanol–water partition coefficient (Wildman–Crippen LogP) is 23.6. The van der Waals surface area contributed by atoms with Crippen molar-refractivity contribution in [2.45, 2.75) is 131 Å². The number of fused-ring (bicyclic) bond motifs is 6. The first-order valence-corrected chi connectivity index (χ1v) is 34.2. The van der Waals surface area contributed by atoms with Gasteiger partial charge in [0.2, 0.25) is 0 Å². The monoisotopic (exact) mass is 1230 g/mol. The standard InChI is InChI=1S/C88H86BN3S/c1-84(2,3)61-39-44-65(45-40-61)90(81-69(59-32-23-18-24-33-59)36-27-37-73(81)88(13,14)15)67-48-49-74-76(56-67)92(75-50-43-63(86(7,8)9)53-71(75)70-35-26-25-34-68(70)58-30-21-17-22-31-58)78-55-64(87(10,11)12)54-77-80(78)89(74)83-82(91(77)66-46-41-62(42-47-66)85(4,5)6)72-52-60(38-51-79(72)93-83)57-28-19-16-20-29-57/h16-56H,1-15H3. The van der Waals surface area contributed by atoms with Crippen molar-refractivity contribution in [1.29, 1.82) is 0 Å². The van der Waals surface area contributed by atoms with E-state index >= 15 is 0 Å². The normalized spacial score (nSPS) is 13.3. The third kappa shape index (κ3) is 11.1. The number of benzene rings is 11. The summed E-state index contributed by atoms with van der Waals surface area (Å²) in [7, 11) is 0. The van der Waals surface area contributed by atoms with Gasteiger partial charge in [0.25, 0.3) is 6.71 Å². The van der Waals surface area contributed by atoms with Crippen LogP contribution in [0.4, 0.5) is 51.2 Å². The average Bonchev–Trinajstić information content (AvgIpc) is 1.68. The molecular formula is C88H86BN3S. The zero-order valence-electron chi connectivity index (χ0n) is 57.0. The van der Waals surface area contributed by atoms with Crippen LogP contribution in [0.3, 0.4) is 0 Å². The van der Waals surface area contributed by atoms with E-state index in [4.69, 9.17) is 0 Å². The number of nitrogens with zero attached hydrogens (tertiary/aromatic N) is 3. The van der Waals surface area contributed by atoms with E-state index in [1.54, 1.807) is 0 Å². The fourth-order valence-corrected chi connectivity index (χ4v) is 15.5.